The van der Waals surface area contributed by atoms with Crippen molar-refractivity contribution in [3.05, 3.63) is 71.9 Å². The van der Waals surface area contributed by atoms with Crippen LogP contribution in [0.2, 0.25) is 0 Å². The summed E-state index contributed by atoms with van der Waals surface area (Å²) in [6.07, 6.45) is 0.148. The molecule has 0 bridgehead atoms. The van der Waals surface area contributed by atoms with Gasteiger partial charge in [0.2, 0.25) is 5.91 Å². The SMILES string of the molecule is COc1ccc(CC(=O)NNC(=O)c2ccc3ccccc3n2)cc1. The second-order valence-electron chi connectivity index (χ2n) is 5.42. The van der Waals surface area contributed by atoms with Gasteiger partial charge in [0.15, 0.2) is 0 Å². The van der Waals surface area contributed by atoms with Gasteiger partial charge in [-0.25, -0.2) is 4.98 Å². The number of carbonyl (C=O) groups excluding carboxylic acids is 2. The molecule has 0 spiro atoms. The Balaban J connectivity index is 1.57. The summed E-state index contributed by atoms with van der Waals surface area (Å²) in [4.78, 5) is 28.3. The summed E-state index contributed by atoms with van der Waals surface area (Å²) in [5, 5.41) is 0.947. The number of aromatic nitrogens is 1. The van der Waals surface area contributed by atoms with Crippen molar-refractivity contribution in [2.75, 3.05) is 7.11 Å². The predicted octanol–water partition coefficient (Wildman–Crippen LogP) is 2.25. The third-order valence-corrected chi connectivity index (χ3v) is 3.67. The average molecular weight is 335 g/mol. The number of fused-ring (bicyclic) bond motifs is 1. The van der Waals surface area contributed by atoms with Crippen LogP contribution in [0.4, 0.5) is 0 Å². The normalized spacial score (nSPS) is 10.3. The lowest BCUT2D eigenvalue weighted by atomic mass is 10.1. The number of hydrogen-bond donors (Lipinski definition) is 2. The van der Waals surface area contributed by atoms with Crippen molar-refractivity contribution >= 4 is 22.7 Å². The van der Waals surface area contributed by atoms with Gasteiger partial charge in [-0.1, -0.05) is 36.4 Å². The van der Waals surface area contributed by atoms with E-state index in [-0.39, 0.29) is 18.0 Å². The summed E-state index contributed by atoms with van der Waals surface area (Å²) in [5.74, 6) is -0.0621. The molecular weight excluding hydrogens is 318 g/mol. The molecule has 0 aliphatic carbocycles. The largest absolute Gasteiger partial charge is 0.497 e. The van der Waals surface area contributed by atoms with Gasteiger partial charge >= 0.3 is 0 Å². The summed E-state index contributed by atoms with van der Waals surface area (Å²) < 4.78 is 5.07. The highest BCUT2D eigenvalue weighted by atomic mass is 16.5. The van der Waals surface area contributed by atoms with E-state index in [0.29, 0.717) is 0 Å². The van der Waals surface area contributed by atoms with Crippen molar-refractivity contribution in [1.82, 2.24) is 15.8 Å². The van der Waals surface area contributed by atoms with Crippen LogP contribution >= 0.6 is 0 Å². The molecule has 2 N–H and O–H groups in total. The van der Waals surface area contributed by atoms with Crippen molar-refractivity contribution in [3.8, 4) is 5.75 Å². The number of para-hydroxylation sites is 1. The van der Waals surface area contributed by atoms with E-state index < -0.39 is 5.91 Å². The van der Waals surface area contributed by atoms with Gasteiger partial charge in [0, 0.05) is 5.39 Å². The molecule has 1 heterocycles. The number of rotatable bonds is 4. The minimum Gasteiger partial charge on any atom is -0.497 e. The minimum absolute atomic E-state index is 0.148. The first-order valence-electron chi connectivity index (χ1n) is 7.73. The van der Waals surface area contributed by atoms with E-state index in [9.17, 15) is 9.59 Å². The fraction of sp³-hybridized carbons (Fsp3) is 0.105. The predicted molar refractivity (Wildman–Crippen MR) is 94.0 cm³/mol. The van der Waals surface area contributed by atoms with Crippen molar-refractivity contribution in [2.24, 2.45) is 0 Å². The monoisotopic (exact) mass is 335 g/mol. The number of methoxy groups -OCH3 is 1. The van der Waals surface area contributed by atoms with Crippen LogP contribution in [0.25, 0.3) is 10.9 Å². The van der Waals surface area contributed by atoms with E-state index in [1.807, 2.05) is 30.3 Å². The molecule has 0 aliphatic rings. The number of nitrogens with zero attached hydrogens (tertiary/aromatic N) is 1. The topological polar surface area (TPSA) is 80.3 Å². The molecule has 25 heavy (non-hydrogen) atoms. The average Bonchev–Trinajstić information content (AvgIpc) is 2.66. The smallest absolute Gasteiger partial charge is 0.288 e. The second kappa shape index (κ2) is 7.44. The first-order valence-corrected chi connectivity index (χ1v) is 7.73. The lowest BCUT2D eigenvalue weighted by Gasteiger charge is -2.08. The Labute approximate surface area is 144 Å². The van der Waals surface area contributed by atoms with Gasteiger partial charge in [0.25, 0.3) is 5.91 Å². The fourth-order valence-electron chi connectivity index (χ4n) is 2.36. The number of amides is 2. The van der Waals surface area contributed by atoms with Crippen LogP contribution in [0.3, 0.4) is 0 Å². The van der Waals surface area contributed by atoms with Crippen LogP contribution in [0.15, 0.2) is 60.7 Å². The lowest BCUT2D eigenvalue weighted by Crippen LogP contribution is -2.42. The molecular formula is C19H17N3O3. The Morgan fingerprint density at radius 3 is 2.48 bits per heavy atom. The van der Waals surface area contributed by atoms with Gasteiger partial charge in [-0.15, -0.1) is 0 Å². The standard InChI is InChI=1S/C19H17N3O3/c1-25-15-9-6-13(7-10-15)12-18(23)21-22-19(24)17-11-8-14-4-2-3-5-16(14)20-17/h2-11H,12H2,1H3,(H,21,23)(H,22,24). The van der Waals surface area contributed by atoms with Gasteiger partial charge in [-0.05, 0) is 29.8 Å². The molecule has 0 radical (unpaired) electrons. The molecule has 0 fully saturated rings. The molecule has 0 atom stereocenters. The summed E-state index contributed by atoms with van der Waals surface area (Å²) in [5.41, 5.74) is 6.55. The van der Waals surface area contributed by atoms with Crippen LogP contribution < -0.4 is 15.6 Å². The Kier molecular flexibility index (Phi) is 4.89. The molecule has 1 aromatic heterocycles. The number of nitrogens with one attached hydrogen (secondary N) is 2. The molecule has 0 saturated heterocycles. The quantitative estimate of drug-likeness (QED) is 0.717. The number of hydrogen-bond acceptors (Lipinski definition) is 4. The maximum Gasteiger partial charge on any atom is 0.288 e. The molecule has 6 heteroatoms. The van der Waals surface area contributed by atoms with Crippen molar-refractivity contribution in [2.45, 2.75) is 6.42 Å². The van der Waals surface area contributed by atoms with Crippen LogP contribution in [-0.4, -0.2) is 23.9 Å². The zero-order valence-corrected chi connectivity index (χ0v) is 13.7. The Hall–Kier alpha value is -3.41. The van der Waals surface area contributed by atoms with Crippen LogP contribution in [0, 0.1) is 0 Å². The Morgan fingerprint density at radius 2 is 1.72 bits per heavy atom. The third kappa shape index (κ3) is 4.11. The zero-order valence-electron chi connectivity index (χ0n) is 13.7. The molecule has 2 aromatic carbocycles. The highest BCUT2D eigenvalue weighted by Crippen LogP contribution is 2.12. The molecule has 0 saturated carbocycles. The molecule has 3 rings (SSSR count). The molecule has 6 nitrogen and oxygen atoms in total. The van der Waals surface area contributed by atoms with E-state index in [0.717, 1.165) is 22.2 Å². The highest BCUT2D eigenvalue weighted by Gasteiger charge is 2.10. The third-order valence-electron chi connectivity index (χ3n) is 3.67. The van der Waals surface area contributed by atoms with Crippen LogP contribution in [0.5, 0.6) is 5.75 Å². The highest BCUT2D eigenvalue weighted by molar-refractivity contribution is 5.96. The van der Waals surface area contributed by atoms with Crippen molar-refractivity contribution in [3.63, 3.8) is 0 Å². The lowest BCUT2D eigenvalue weighted by molar-refractivity contribution is -0.121. The fourth-order valence-corrected chi connectivity index (χ4v) is 2.36. The number of ether oxygens (including phenoxy) is 1. The number of carbonyl (C=O) groups is 2. The van der Waals surface area contributed by atoms with Gasteiger partial charge in [0.1, 0.15) is 11.4 Å². The van der Waals surface area contributed by atoms with Crippen LogP contribution in [-0.2, 0) is 11.2 Å². The van der Waals surface area contributed by atoms with E-state index in [1.54, 1.807) is 37.4 Å². The number of pyridine rings is 1. The van der Waals surface area contributed by atoms with Gasteiger partial charge in [0.05, 0.1) is 19.0 Å². The summed E-state index contributed by atoms with van der Waals surface area (Å²) in [6, 6.07) is 18.1. The Morgan fingerprint density at radius 1 is 0.960 bits per heavy atom. The van der Waals surface area contributed by atoms with E-state index >= 15 is 0 Å². The van der Waals surface area contributed by atoms with E-state index in [2.05, 4.69) is 15.8 Å². The van der Waals surface area contributed by atoms with Gasteiger partial charge < -0.3 is 4.74 Å². The van der Waals surface area contributed by atoms with E-state index in [4.69, 9.17) is 4.74 Å². The number of hydrazine groups is 1. The number of benzene rings is 2. The molecule has 0 unspecified atom stereocenters. The van der Waals surface area contributed by atoms with Gasteiger partial charge in [-0.3, -0.25) is 20.4 Å². The van der Waals surface area contributed by atoms with Crippen molar-refractivity contribution < 1.29 is 14.3 Å². The molecule has 3 aromatic rings. The van der Waals surface area contributed by atoms with E-state index in [1.165, 1.54) is 0 Å². The van der Waals surface area contributed by atoms with Crippen molar-refractivity contribution in [1.29, 1.82) is 0 Å². The maximum atomic E-state index is 12.1. The second-order valence-corrected chi connectivity index (χ2v) is 5.42. The Bertz CT molecular complexity index is 907. The van der Waals surface area contributed by atoms with Crippen LogP contribution in [0.1, 0.15) is 16.1 Å². The van der Waals surface area contributed by atoms with Gasteiger partial charge in [-0.2, -0.15) is 0 Å². The summed E-state index contributed by atoms with van der Waals surface area (Å²) in [7, 11) is 1.58. The molecule has 0 aliphatic heterocycles. The zero-order chi connectivity index (χ0) is 17.6. The summed E-state index contributed by atoms with van der Waals surface area (Å²) >= 11 is 0. The summed E-state index contributed by atoms with van der Waals surface area (Å²) in [6.45, 7) is 0. The minimum atomic E-state index is -0.464. The first-order chi connectivity index (χ1) is 12.2. The maximum absolute atomic E-state index is 12.1. The molecule has 2 amide bonds. The molecule has 126 valence electrons. The first kappa shape index (κ1) is 16.4.